The first kappa shape index (κ1) is 14.6. The number of fused-ring (bicyclic) bond motifs is 1. The summed E-state index contributed by atoms with van der Waals surface area (Å²) in [4.78, 5) is 17.3. The number of hydrogen-bond acceptors (Lipinski definition) is 4. The highest BCUT2D eigenvalue weighted by molar-refractivity contribution is 8.14. The van der Waals surface area contributed by atoms with Crippen LogP contribution in [0.25, 0.3) is 0 Å². The van der Waals surface area contributed by atoms with E-state index < -0.39 is 0 Å². The summed E-state index contributed by atoms with van der Waals surface area (Å²) in [5, 5.41) is 13.6. The van der Waals surface area contributed by atoms with Crippen molar-refractivity contribution in [3.63, 3.8) is 0 Å². The van der Waals surface area contributed by atoms with Crippen LogP contribution in [0.2, 0.25) is 0 Å². The molecule has 0 radical (unpaired) electrons. The second kappa shape index (κ2) is 5.60. The molecule has 2 aliphatic rings. The molecule has 4 rings (SSSR count). The maximum Gasteiger partial charge on any atom is 0.271 e. The number of phenols is 1. The highest BCUT2D eigenvalue weighted by Crippen LogP contribution is 2.45. The Balaban J connectivity index is 1.85. The van der Waals surface area contributed by atoms with Crippen LogP contribution < -0.4 is 5.56 Å². The fraction of sp³-hybridized carbons (Fsp3) is 0.412. The van der Waals surface area contributed by atoms with Crippen LogP contribution in [0.15, 0.2) is 34.1 Å². The lowest BCUT2D eigenvalue weighted by Gasteiger charge is -2.22. The highest BCUT2D eigenvalue weighted by atomic mass is 32.2. The van der Waals surface area contributed by atoms with E-state index in [9.17, 15) is 9.90 Å². The molecule has 5 nitrogen and oxygen atoms in total. The first-order valence-corrected chi connectivity index (χ1v) is 8.87. The van der Waals surface area contributed by atoms with Gasteiger partial charge in [-0.1, -0.05) is 36.7 Å². The van der Waals surface area contributed by atoms with Gasteiger partial charge in [0.1, 0.15) is 5.75 Å². The predicted molar refractivity (Wildman–Crippen MR) is 92.9 cm³/mol. The summed E-state index contributed by atoms with van der Waals surface area (Å²) in [5.74, 6) is 0.989. The first-order chi connectivity index (χ1) is 11.1. The Morgan fingerprint density at radius 3 is 2.87 bits per heavy atom. The van der Waals surface area contributed by atoms with Crippen LogP contribution in [0.4, 0.5) is 5.82 Å². The van der Waals surface area contributed by atoms with Crippen LogP contribution in [0.1, 0.15) is 55.0 Å². The topological polar surface area (TPSA) is 70.4 Å². The molecule has 1 aromatic heterocycles. The lowest BCUT2D eigenvalue weighted by atomic mass is 10.1. The molecular formula is C17H19N3O2S. The highest BCUT2D eigenvalue weighted by Gasteiger charge is 2.32. The third kappa shape index (κ3) is 2.51. The van der Waals surface area contributed by atoms with Gasteiger partial charge >= 0.3 is 0 Å². The summed E-state index contributed by atoms with van der Waals surface area (Å²) < 4.78 is 1.98. The molecule has 0 saturated heterocycles. The summed E-state index contributed by atoms with van der Waals surface area (Å²) in [6.45, 7) is 1.97. The van der Waals surface area contributed by atoms with Gasteiger partial charge in [-0.2, -0.15) is 0 Å². The number of aliphatic imine (C=N–C) groups is 1. The van der Waals surface area contributed by atoms with E-state index in [2.05, 4.69) is 10.1 Å². The number of aromatic hydroxyl groups is 1. The Labute approximate surface area is 138 Å². The van der Waals surface area contributed by atoms with Gasteiger partial charge in [0.15, 0.2) is 5.82 Å². The van der Waals surface area contributed by atoms with E-state index in [4.69, 9.17) is 0 Å². The lowest BCUT2D eigenvalue weighted by molar-refractivity contribution is 0.468. The van der Waals surface area contributed by atoms with E-state index >= 15 is 0 Å². The van der Waals surface area contributed by atoms with Crippen molar-refractivity contribution in [2.24, 2.45) is 4.99 Å². The molecule has 1 fully saturated rings. The van der Waals surface area contributed by atoms with Gasteiger partial charge in [-0.3, -0.25) is 14.6 Å². The number of rotatable bonds is 2. The van der Waals surface area contributed by atoms with Gasteiger partial charge in [-0.05, 0) is 37.5 Å². The van der Waals surface area contributed by atoms with Gasteiger partial charge in [0, 0.05) is 0 Å². The van der Waals surface area contributed by atoms with Gasteiger partial charge < -0.3 is 5.11 Å². The number of aromatic amines is 1. The second-order valence-corrected chi connectivity index (χ2v) is 7.51. The molecule has 1 saturated carbocycles. The molecule has 0 spiro atoms. The van der Waals surface area contributed by atoms with E-state index in [0.717, 1.165) is 29.3 Å². The largest absolute Gasteiger partial charge is 0.508 e. The van der Waals surface area contributed by atoms with Crippen LogP contribution in [0, 0.1) is 0 Å². The molecule has 2 aromatic rings. The first-order valence-electron chi connectivity index (χ1n) is 7.99. The fourth-order valence-corrected chi connectivity index (χ4v) is 4.65. The molecule has 0 bridgehead atoms. The number of benzene rings is 1. The fourth-order valence-electron chi connectivity index (χ4n) is 3.56. The van der Waals surface area contributed by atoms with Crippen LogP contribution in [0.3, 0.4) is 0 Å². The van der Waals surface area contributed by atoms with Gasteiger partial charge in [-0.15, -0.1) is 0 Å². The number of aromatic nitrogens is 2. The molecule has 1 aliphatic heterocycles. The van der Waals surface area contributed by atoms with Crippen molar-refractivity contribution < 1.29 is 5.11 Å². The maximum atomic E-state index is 12.6. The van der Waals surface area contributed by atoms with Gasteiger partial charge in [0.05, 0.1) is 21.9 Å². The Kier molecular flexibility index (Phi) is 3.56. The minimum absolute atomic E-state index is 0.0657. The zero-order valence-electron chi connectivity index (χ0n) is 13.0. The second-order valence-electron chi connectivity index (χ2n) is 6.21. The van der Waals surface area contributed by atoms with Crippen molar-refractivity contribution in [2.75, 3.05) is 0 Å². The van der Waals surface area contributed by atoms with Crippen molar-refractivity contribution in [2.45, 2.75) is 43.9 Å². The van der Waals surface area contributed by atoms with Crippen LogP contribution in [-0.2, 0) is 0 Å². The molecule has 0 amide bonds. The van der Waals surface area contributed by atoms with Gasteiger partial charge in [0.2, 0.25) is 0 Å². The minimum Gasteiger partial charge on any atom is -0.508 e. The Bertz CT molecular complexity index is 831. The summed E-state index contributed by atoms with van der Waals surface area (Å²) >= 11 is 1.57. The number of H-pyrrole nitrogens is 1. The summed E-state index contributed by atoms with van der Waals surface area (Å²) in [5.41, 5.74) is 1.57. The van der Waals surface area contributed by atoms with E-state index in [1.165, 1.54) is 12.8 Å². The number of nitrogens with one attached hydrogen (secondary N) is 1. The van der Waals surface area contributed by atoms with E-state index in [0.29, 0.717) is 11.6 Å². The van der Waals surface area contributed by atoms with Crippen LogP contribution in [-0.4, -0.2) is 19.9 Å². The van der Waals surface area contributed by atoms with Crippen molar-refractivity contribution in [1.82, 2.24) is 9.78 Å². The third-order valence-electron chi connectivity index (χ3n) is 4.61. The average Bonchev–Trinajstić information content (AvgIpc) is 3.15. The van der Waals surface area contributed by atoms with Crippen molar-refractivity contribution >= 4 is 22.6 Å². The summed E-state index contributed by atoms with van der Waals surface area (Å²) in [6, 6.07) is 7.48. The number of hydrogen-bond donors (Lipinski definition) is 2. The lowest BCUT2D eigenvalue weighted by Crippen LogP contribution is -2.13. The van der Waals surface area contributed by atoms with Crippen LogP contribution >= 0.6 is 11.8 Å². The standard InChI is InChI=1S/C17H19N3O2S/c1-10-18-16-14(15(23-10)11-5-4-8-13(21)9-11)17(22)19-20(16)12-6-2-3-7-12/h4-5,8-9,12,15,21H,2-3,6-7H2,1H3,(H,19,22)/t15-/m0/s1. The number of phenolic OH excluding ortho intramolecular Hbond substituents is 1. The maximum absolute atomic E-state index is 12.6. The molecule has 0 unspecified atom stereocenters. The van der Waals surface area contributed by atoms with Crippen molar-refractivity contribution in [3.8, 4) is 5.75 Å². The summed E-state index contributed by atoms with van der Waals surface area (Å²) in [7, 11) is 0. The molecule has 6 heteroatoms. The number of nitrogens with zero attached hydrogens (tertiary/aromatic N) is 2. The Morgan fingerprint density at radius 2 is 2.13 bits per heavy atom. The molecular weight excluding hydrogens is 310 g/mol. The Hall–Kier alpha value is -1.95. The molecule has 23 heavy (non-hydrogen) atoms. The minimum atomic E-state index is -0.124. The van der Waals surface area contributed by atoms with Gasteiger partial charge in [0.25, 0.3) is 5.56 Å². The zero-order valence-corrected chi connectivity index (χ0v) is 13.8. The summed E-state index contributed by atoms with van der Waals surface area (Å²) in [6.07, 6.45) is 4.59. The third-order valence-corrected chi connectivity index (χ3v) is 5.79. The molecule has 1 aromatic carbocycles. The molecule has 120 valence electrons. The smallest absolute Gasteiger partial charge is 0.271 e. The van der Waals surface area contributed by atoms with E-state index in [-0.39, 0.29) is 16.6 Å². The van der Waals surface area contributed by atoms with E-state index in [1.54, 1.807) is 23.9 Å². The van der Waals surface area contributed by atoms with Crippen molar-refractivity contribution in [1.29, 1.82) is 0 Å². The molecule has 1 aliphatic carbocycles. The molecule has 1 atom stereocenters. The van der Waals surface area contributed by atoms with Crippen LogP contribution in [0.5, 0.6) is 5.75 Å². The van der Waals surface area contributed by atoms with Gasteiger partial charge in [-0.25, -0.2) is 4.99 Å². The Morgan fingerprint density at radius 1 is 1.35 bits per heavy atom. The van der Waals surface area contributed by atoms with E-state index in [1.807, 2.05) is 23.7 Å². The normalized spacial score (nSPS) is 21.3. The SMILES string of the molecule is CC1=Nc2c(c(=O)[nH]n2C2CCCC2)[C@H](c2cccc(O)c2)S1. The monoisotopic (exact) mass is 329 g/mol. The average molecular weight is 329 g/mol. The molecule has 2 heterocycles. The molecule has 2 N–H and O–H groups in total. The number of thioether (sulfide) groups is 1. The quantitative estimate of drug-likeness (QED) is 0.878. The van der Waals surface area contributed by atoms with Crippen molar-refractivity contribution in [3.05, 3.63) is 45.7 Å². The predicted octanol–water partition coefficient (Wildman–Crippen LogP) is 3.88. The zero-order chi connectivity index (χ0) is 16.0.